The monoisotopic (exact) mass is 461 g/mol. The Hall–Kier alpha value is -3.59. The molecule has 1 atom stereocenters. The van der Waals surface area contributed by atoms with E-state index in [9.17, 15) is 9.59 Å². The molecule has 0 unspecified atom stereocenters. The van der Waals surface area contributed by atoms with Gasteiger partial charge in [0.2, 0.25) is 11.8 Å². The molecule has 3 aromatic rings. The summed E-state index contributed by atoms with van der Waals surface area (Å²) in [4.78, 5) is 39.4. The highest BCUT2D eigenvalue weighted by atomic mass is 16.5. The first kappa shape index (κ1) is 22.2. The van der Waals surface area contributed by atoms with Crippen molar-refractivity contribution in [2.75, 3.05) is 38.7 Å². The molecular weight excluding hydrogens is 434 g/mol. The molecule has 176 valence electrons. The Kier molecular flexibility index (Phi) is 6.35. The third kappa shape index (κ3) is 4.43. The first-order valence-corrected chi connectivity index (χ1v) is 11.5. The van der Waals surface area contributed by atoms with Gasteiger partial charge in [-0.3, -0.25) is 9.59 Å². The van der Waals surface area contributed by atoms with Crippen LogP contribution < -0.4 is 10.1 Å². The highest BCUT2D eigenvalue weighted by Crippen LogP contribution is 2.30. The summed E-state index contributed by atoms with van der Waals surface area (Å²) in [6.45, 7) is 2.74. The van der Waals surface area contributed by atoms with Crippen molar-refractivity contribution in [3.8, 4) is 17.0 Å². The highest BCUT2D eigenvalue weighted by molar-refractivity contribution is 5.93. The number of aromatic nitrogens is 3. The van der Waals surface area contributed by atoms with Crippen molar-refractivity contribution in [1.82, 2.24) is 19.9 Å². The van der Waals surface area contributed by atoms with Crippen molar-refractivity contribution in [3.63, 3.8) is 0 Å². The van der Waals surface area contributed by atoms with Gasteiger partial charge in [-0.2, -0.15) is 0 Å². The summed E-state index contributed by atoms with van der Waals surface area (Å²) in [6, 6.07) is 7.75. The van der Waals surface area contributed by atoms with Crippen LogP contribution in [0.25, 0.3) is 22.0 Å². The van der Waals surface area contributed by atoms with E-state index in [1.54, 1.807) is 18.6 Å². The Bertz CT molecular complexity index is 1210. The minimum Gasteiger partial charge on any atom is -0.480 e. The van der Waals surface area contributed by atoms with Gasteiger partial charge in [-0.15, -0.1) is 0 Å². The maximum Gasteiger partial charge on any atom is 0.225 e. The van der Waals surface area contributed by atoms with Crippen LogP contribution in [0.3, 0.4) is 0 Å². The van der Waals surface area contributed by atoms with Crippen LogP contribution in [0.4, 0.5) is 5.82 Å². The number of nitrogens with zero attached hydrogens (tertiary/aromatic N) is 4. The Morgan fingerprint density at radius 1 is 1.15 bits per heavy atom. The lowest BCUT2D eigenvalue weighted by molar-refractivity contribution is -0.137. The summed E-state index contributed by atoms with van der Waals surface area (Å²) >= 11 is 0. The van der Waals surface area contributed by atoms with Crippen molar-refractivity contribution in [2.24, 2.45) is 5.92 Å². The zero-order valence-corrected chi connectivity index (χ0v) is 19.1. The number of anilines is 1. The van der Waals surface area contributed by atoms with Crippen LogP contribution in [0.15, 0.2) is 36.8 Å². The SMILES string of the molecule is COc1ncc(-c2ccc3ncnc(N[C@H]4CCN(C(=O)C5CCOCC5)C4)c3c2)cc1C=O. The number of nitrogens with one attached hydrogen (secondary N) is 1. The van der Waals surface area contributed by atoms with Crippen LogP contribution in [0.1, 0.15) is 29.6 Å². The van der Waals surface area contributed by atoms with Gasteiger partial charge in [0.05, 0.1) is 18.2 Å². The predicted octanol–water partition coefficient (Wildman–Crippen LogP) is 2.95. The maximum atomic E-state index is 12.9. The van der Waals surface area contributed by atoms with E-state index in [1.807, 2.05) is 23.1 Å². The van der Waals surface area contributed by atoms with E-state index in [4.69, 9.17) is 9.47 Å². The minimum atomic E-state index is 0.0734. The average Bonchev–Trinajstić information content (AvgIpc) is 3.36. The van der Waals surface area contributed by atoms with Crippen molar-refractivity contribution < 1.29 is 19.1 Å². The Morgan fingerprint density at radius 2 is 2.00 bits per heavy atom. The number of carbonyl (C=O) groups is 2. The average molecular weight is 462 g/mol. The molecule has 0 radical (unpaired) electrons. The normalized spacial score (nSPS) is 18.7. The fourth-order valence-corrected chi connectivity index (χ4v) is 4.71. The summed E-state index contributed by atoms with van der Waals surface area (Å²) < 4.78 is 10.5. The minimum absolute atomic E-state index is 0.0734. The first-order valence-electron chi connectivity index (χ1n) is 11.5. The molecule has 4 heterocycles. The third-order valence-electron chi connectivity index (χ3n) is 6.58. The number of pyridine rings is 1. The lowest BCUT2D eigenvalue weighted by Gasteiger charge is -2.26. The number of ether oxygens (including phenoxy) is 2. The van der Waals surface area contributed by atoms with Gasteiger partial charge in [-0.1, -0.05) is 6.07 Å². The van der Waals surface area contributed by atoms with Gasteiger partial charge in [0.1, 0.15) is 12.1 Å². The summed E-state index contributed by atoms with van der Waals surface area (Å²) in [5, 5.41) is 4.40. The van der Waals surface area contributed by atoms with Gasteiger partial charge in [-0.05, 0) is 43.0 Å². The number of amides is 1. The van der Waals surface area contributed by atoms with Crippen molar-refractivity contribution in [3.05, 3.63) is 42.4 Å². The molecule has 1 amide bonds. The van der Waals surface area contributed by atoms with Gasteiger partial charge in [0, 0.05) is 55.4 Å². The molecule has 2 fully saturated rings. The van der Waals surface area contributed by atoms with Crippen LogP contribution >= 0.6 is 0 Å². The zero-order chi connectivity index (χ0) is 23.5. The topological polar surface area (TPSA) is 107 Å². The fourth-order valence-electron chi connectivity index (χ4n) is 4.71. The van der Waals surface area contributed by atoms with Crippen molar-refractivity contribution >= 4 is 28.9 Å². The third-order valence-corrected chi connectivity index (χ3v) is 6.58. The van der Waals surface area contributed by atoms with Gasteiger partial charge in [-0.25, -0.2) is 15.0 Å². The van der Waals surface area contributed by atoms with E-state index in [2.05, 4.69) is 20.3 Å². The van der Waals surface area contributed by atoms with E-state index in [-0.39, 0.29) is 17.9 Å². The zero-order valence-electron chi connectivity index (χ0n) is 19.1. The van der Waals surface area contributed by atoms with E-state index in [0.29, 0.717) is 31.2 Å². The number of benzene rings is 1. The van der Waals surface area contributed by atoms with Gasteiger partial charge < -0.3 is 19.7 Å². The molecule has 0 bridgehead atoms. The van der Waals surface area contributed by atoms with Gasteiger partial charge >= 0.3 is 0 Å². The summed E-state index contributed by atoms with van der Waals surface area (Å²) in [5.41, 5.74) is 2.90. The lowest BCUT2D eigenvalue weighted by atomic mass is 9.99. The standard InChI is InChI=1S/C25H27N5O4/c1-33-24-19(14-31)10-18(12-26-24)17-2-3-22-21(11-17)23(28-15-27-22)29-20-4-7-30(13-20)25(32)16-5-8-34-9-6-16/h2-3,10-12,14-16,20H,4-9,13H2,1H3,(H,27,28,29)/t20-/m0/s1. The first-order chi connectivity index (χ1) is 16.7. The number of hydrogen-bond donors (Lipinski definition) is 1. The van der Waals surface area contributed by atoms with Crippen LogP contribution in [-0.4, -0.2) is 71.5 Å². The summed E-state index contributed by atoms with van der Waals surface area (Å²) in [7, 11) is 1.49. The molecule has 2 saturated heterocycles. The van der Waals surface area contributed by atoms with Crippen LogP contribution in [0.2, 0.25) is 0 Å². The van der Waals surface area contributed by atoms with Gasteiger partial charge in [0.25, 0.3) is 0 Å². The van der Waals surface area contributed by atoms with E-state index < -0.39 is 0 Å². The van der Waals surface area contributed by atoms with Gasteiger partial charge in [0.15, 0.2) is 6.29 Å². The molecule has 5 rings (SSSR count). The lowest BCUT2D eigenvalue weighted by Crippen LogP contribution is -2.38. The number of likely N-dealkylation sites (tertiary alicyclic amines) is 1. The smallest absolute Gasteiger partial charge is 0.225 e. The largest absolute Gasteiger partial charge is 0.480 e. The molecule has 0 saturated carbocycles. The molecule has 1 aromatic carbocycles. The van der Waals surface area contributed by atoms with E-state index >= 15 is 0 Å². The van der Waals surface area contributed by atoms with E-state index in [0.717, 1.165) is 59.9 Å². The number of methoxy groups -OCH3 is 1. The molecule has 2 aliphatic heterocycles. The second kappa shape index (κ2) is 9.72. The number of hydrogen-bond acceptors (Lipinski definition) is 8. The predicted molar refractivity (Wildman–Crippen MR) is 127 cm³/mol. The number of aldehydes is 1. The Morgan fingerprint density at radius 3 is 2.79 bits per heavy atom. The number of rotatable bonds is 6. The maximum absolute atomic E-state index is 12.9. The molecule has 0 aliphatic carbocycles. The molecule has 2 aliphatic rings. The molecule has 0 spiro atoms. The second-order valence-electron chi connectivity index (χ2n) is 8.70. The second-order valence-corrected chi connectivity index (χ2v) is 8.70. The van der Waals surface area contributed by atoms with Crippen LogP contribution in [0, 0.1) is 5.92 Å². The molecule has 9 nitrogen and oxygen atoms in total. The van der Waals surface area contributed by atoms with Crippen LogP contribution in [-0.2, 0) is 9.53 Å². The van der Waals surface area contributed by atoms with Crippen LogP contribution in [0.5, 0.6) is 5.88 Å². The summed E-state index contributed by atoms with van der Waals surface area (Å²) in [5.74, 6) is 1.34. The Balaban J connectivity index is 1.36. The quantitative estimate of drug-likeness (QED) is 0.559. The Labute approximate surface area is 197 Å². The molecule has 1 N–H and O–H groups in total. The van der Waals surface area contributed by atoms with Crippen molar-refractivity contribution in [2.45, 2.75) is 25.3 Å². The summed E-state index contributed by atoms with van der Waals surface area (Å²) in [6.07, 6.45) is 6.44. The van der Waals surface area contributed by atoms with Crippen molar-refractivity contribution in [1.29, 1.82) is 0 Å². The fraction of sp³-hybridized carbons (Fsp3) is 0.400. The molecule has 34 heavy (non-hydrogen) atoms. The number of carbonyl (C=O) groups excluding carboxylic acids is 2. The molecular formula is C25H27N5O4. The highest BCUT2D eigenvalue weighted by Gasteiger charge is 2.32. The van der Waals surface area contributed by atoms with E-state index in [1.165, 1.54) is 7.11 Å². The molecule has 2 aromatic heterocycles. The molecule has 9 heteroatoms. The number of fused-ring (bicyclic) bond motifs is 1.